The molecule has 2 aromatic heterocycles. The largest absolute Gasteiger partial charge is 0.364 e. The molecule has 2 aromatic rings. The topological polar surface area (TPSA) is 145 Å². The van der Waals surface area contributed by atoms with Gasteiger partial charge >= 0.3 is 0 Å². The van der Waals surface area contributed by atoms with Crippen molar-refractivity contribution in [3.05, 3.63) is 28.5 Å². The first kappa shape index (κ1) is 17.5. The minimum Gasteiger partial charge on any atom is -0.364 e. The van der Waals surface area contributed by atoms with Gasteiger partial charge in [-0.15, -0.1) is 10.2 Å². The van der Waals surface area contributed by atoms with Crippen LogP contribution in [0.1, 0.15) is 36.2 Å². The van der Waals surface area contributed by atoms with E-state index in [0.29, 0.717) is 11.8 Å². The van der Waals surface area contributed by atoms with Gasteiger partial charge in [-0.25, -0.2) is 4.98 Å². The van der Waals surface area contributed by atoms with Crippen LogP contribution in [0.3, 0.4) is 0 Å². The fourth-order valence-corrected chi connectivity index (χ4v) is 3.07. The quantitative estimate of drug-likeness (QED) is 0.584. The molecule has 1 fully saturated rings. The molecule has 2 heterocycles. The second kappa shape index (κ2) is 7.70. The highest BCUT2D eigenvalue weighted by molar-refractivity contribution is 9.10. The van der Waals surface area contributed by atoms with Crippen LogP contribution in [0.5, 0.6) is 0 Å². The Bertz CT molecular complexity index is 771. The molecule has 25 heavy (non-hydrogen) atoms. The third-order valence-corrected chi connectivity index (χ3v) is 4.52. The number of carbonyl (C=O) groups is 1. The van der Waals surface area contributed by atoms with Crippen molar-refractivity contribution < 1.29 is 4.79 Å². The third kappa shape index (κ3) is 4.40. The van der Waals surface area contributed by atoms with Gasteiger partial charge in [-0.05, 0) is 25.0 Å². The minimum absolute atomic E-state index is 0.0383. The molecule has 9 nitrogen and oxygen atoms in total. The average molecular weight is 407 g/mol. The Hall–Kier alpha value is -2.33. The molecule has 0 aliphatic heterocycles. The molecule has 6 N–H and O–H groups in total. The summed E-state index contributed by atoms with van der Waals surface area (Å²) in [5, 5.41) is 14.0. The van der Waals surface area contributed by atoms with E-state index in [1.165, 1.54) is 0 Å². The number of carbonyl (C=O) groups excluding carboxylic acids is 1. The van der Waals surface area contributed by atoms with Crippen LogP contribution >= 0.6 is 15.9 Å². The van der Waals surface area contributed by atoms with Crippen LogP contribution in [0.2, 0.25) is 0 Å². The van der Waals surface area contributed by atoms with Gasteiger partial charge < -0.3 is 22.1 Å². The second-order valence-corrected chi connectivity index (χ2v) is 6.80. The first-order chi connectivity index (χ1) is 12.0. The lowest BCUT2D eigenvalue weighted by molar-refractivity contribution is 0.0995. The Kier molecular flexibility index (Phi) is 5.39. The van der Waals surface area contributed by atoms with Gasteiger partial charge in [0, 0.05) is 22.8 Å². The van der Waals surface area contributed by atoms with Gasteiger partial charge in [0.1, 0.15) is 5.82 Å². The van der Waals surface area contributed by atoms with Crippen molar-refractivity contribution in [1.29, 1.82) is 0 Å². The molecule has 10 heteroatoms. The Morgan fingerprint density at radius 1 is 1.28 bits per heavy atom. The molecule has 0 aromatic carbocycles. The standard InChI is InChI=1S/C15H19BrN8O/c16-8-5-6-19-11(7-8)21-14-12(13(18)25)23-24-15(22-14)20-10-4-2-1-3-9(10)17/h5-7,9-10H,1-4,17H2,(H2,18,25)(H2,19,20,21,22,24)/t9-,10+/m0/s1. The van der Waals surface area contributed by atoms with Crippen molar-refractivity contribution in [2.24, 2.45) is 11.5 Å². The molecule has 0 saturated heterocycles. The highest BCUT2D eigenvalue weighted by atomic mass is 79.9. The summed E-state index contributed by atoms with van der Waals surface area (Å²) in [6, 6.07) is 3.65. The van der Waals surface area contributed by atoms with Crippen molar-refractivity contribution in [2.45, 2.75) is 37.8 Å². The van der Waals surface area contributed by atoms with E-state index in [4.69, 9.17) is 11.5 Å². The van der Waals surface area contributed by atoms with Crippen molar-refractivity contribution in [3.63, 3.8) is 0 Å². The van der Waals surface area contributed by atoms with Crippen LogP contribution in [0.25, 0.3) is 0 Å². The molecule has 0 bridgehead atoms. The number of amides is 1. The van der Waals surface area contributed by atoms with Crippen LogP contribution in [-0.4, -0.2) is 38.2 Å². The van der Waals surface area contributed by atoms with Crippen molar-refractivity contribution in [1.82, 2.24) is 20.2 Å². The summed E-state index contributed by atoms with van der Waals surface area (Å²) in [5.74, 6) is 0.265. The van der Waals surface area contributed by atoms with Crippen molar-refractivity contribution in [2.75, 3.05) is 10.6 Å². The number of rotatable bonds is 5. The number of hydrogen-bond donors (Lipinski definition) is 4. The third-order valence-electron chi connectivity index (χ3n) is 4.02. The number of primary amides is 1. The van der Waals surface area contributed by atoms with Crippen LogP contribution in [0.15, 0.2) is 22.8 Å². The Morgan fingerprint density at radius 2 is 2.08 bits per heavy atom. The normalized spacial score (nSPS) is 20.1. The predicted octanol–water partition coefficient (Wildman–Crippen LogP) is 1.55. The van der Waals surface area contributed by atoms with E-state index in [9.17, 15) is 4.79 Å². The van der Waals surface area contributed by atoms with Gasteiger partial charge in [0.2, 0.25) is 5.95 Å². The van der Waals surface area contributed by atoms with Gasteiger partial charge in [0.25, 0.3) is 5.91 Å². The molecule has 2 atom stereocenters. The molecule has 1 amide bonds. The fourth-order valence-electron chi connectivity index (χ4n) is 2.74. The summed E-state index contributed by atoms with van der Waals surface area (Å²) in [5.41, 5.74) is 11.4. The summed E-state index contributed by atoms with van der Waals surface area (Å²) >= 11 is 3.36. The number of nitrogens with zero attached hydrogens (tertiary/aromatic N) is 4. The number of nitrogens with two attached hydrogens (primary N) is 2. The number of pyridine rings is 1. The van der Waals surface area contributed by atoms with Gasteiger partial charge in [-0.1, -0.05) is 28.8 Å². The monoisotopic (exact) mass is 406 g/mol. The van der Waals surface area contributed by atoms with E-state index in [-0.39, 0.29) is 23.6 Å². The molecule has 0 spiro atoms. The van der Waals surface area contributed by atoms with E-state index < -0.39 is 5.91 Å². The van der Waals surface area contributed by atoms with E-state index in [1.54, 1.807) is 18.3 Å². The molecular formula is C15H19BrN8O. The molecule has 0 unspecified atom stereocenters. The summed E-state index contributed by atoms with van der Waals surface area (Å²) in [4.78, 5) is 20.1. The Balaban J connectivity index is 1.85. The molecule has 1 aliphatic rings. The summed E-state index contributed by atoms with van der Waals surface area (Å²) < 4.78 is 0.833. The summed E-state index contributed by atoms with van der Waals surface area (Å²) in [6.07, 6.45) is 5.74. The van der Waals surface area contributed by atoms with Crippen LogP contribution in [0, 0.1) is 0 Å². The number of aromatic nitrogens is 4. The van der Waals surface area contributed by atoms with Crippen LogP contribution < -0.4 is 22.1 Å². The summed E-state index contributed by atoms with van der Waals surface area (Å²) in [6.45, 7) is 0. The number of anilines is 3. The Labute approximate surface area is 153 Å². The highest BCUT2D eigenvalue weighted by Crippen LogP contribution is 2.22. The lowest BCUT2D eigenvalue weighted by atomic mass is 9.91. The number of halogens is 1. The van der Waals surface area contributed by atoms with Gasteiger partial charge in [0.05, 0.1) is 0 Å². The zero-order valence-corrected chi connectivity index (χ0v) is 15.0. The molecule has 1 aliphatic carbocycles. The van der Waals surface area contributed by atoms with E-state index >= 15 is 0 Å². The molecular weight excluding hydrogens is 388 g/mol. The first-order valence-corrected chi connectivity index (χ1v) is 8.77. The average Bonchev–Trinajstić information content (AvgIpc) is 2.57. The van der Waals surface area contributed by atoms with E-state index in [1.807, 2.05) is 0 Å². The molecule has 3 rings (SSSR count). The molecule has 132 valence electrons. The van der Waals surface area contributed by atoms with Gasteiger partial charge in [0.15, 0.2) is 11.5 Å². The smallest absolute Gasteiger partial charge is 0.273 e. The van der Waals surface area contributed by atoms with Gasteiger partial charge in [-0.3, -0.25) is 4.79 Å². The SMILES string of the molecule is NC(=O)c1nnc(N[C@@H]2CCCC[C@@H]2N)nc1Nc1cc(Br)ccn1. The number of nitrogens with one attached hydrogen (secondary N) is 2. The lowest BCUT2D eigenvalue weighted by Gasteiger charge is -2.29. The maximum absolute atomic E-state index is 11.6. The fraction of sp³-hybridized carbons (Fsp3) is 0.400. The lowest BCUT2D eigenvalue weighted by Crippen LogP contribution is -2.43. The van der Waals surface area contributed by atoms with Crippen LogP contribution in [0.4, 0.5) is 17.6 Å². The minimum atomic E-state index is -0.724. The Morgan fingerprint density at radius 3 is 2.80 bits per heavy atom. The zero-order valence-electron chi connectivity index (χ0n) is 13.4. The first-order valence-electron chi connectivity index (χ1n) is 7.98. The zero-order chi connectivity index (χ0) is 17.8. The van der Waals surface area contributed by atoms with Gasteiger partial charge in [-0.2, -0.15) is 4.98 Å². The highest BCUT2D eigenvalue weighted by Gasteiger charge is 2.23. The van der Waals surface area contributed by atoms with Crippen LogP contribution in [-0.2, 0) is 0 Å². The number of hydrogen-bond acceptors (Lipinski definition) is 8. The maximum atomic E-state index is 11.6. The van der Waals surface area contributed by atoms with E-state index in [2.05, 4.69) is 46.7 Å². The molecule has 0 radical (unpaired) electrons. The second-order valence-electron chi connectivity index (χ2n) is 5.88. The van der Waals surface area contributed by atoms with E-state index in [0.717, 1.165) is 30.2 Å². The predicted molar refractivity (Wildman–Crippen MR) is 97.4 cm³/mol. The maximum Gasteiger partial charge on any atom is 0.273 e. The van der Waals surface area contributed by atoms with Crippen molar-refractivity contribution in [3.8, 4) is 0 Å². The molecule has 1 saturated carbocycles. The van der Waals surface area contributed by atoms with Crippen molar-refractivity contribution >= 4 is 39.4 Å². The summed E-state index contributed by atoms with van der Waals surface area (Å²) in [7, 11) is 0.